The summed E-state index contributed by atoms with van der Waals surface area (Å²) in [6.07, 6.45) is 0.776. The van der Waals surface area contributed by atoms with E-state index in [4.69, 9.17) is 0 Å². The van der Waals surface area contributed by atoms with Crippen LogP contribution in [0, 0.1) is 13.8 Å². The molecule has 1 aromatic heterocycles. The summed E-state index contributed by atoms with van der Waals surface area (Å²) in [5.74, 6) is 0.215. The number of sulfone groups is 1. The van der Waals surface area contributed by atoms with Crippen molar-refractivity contribution in [3.63, 3.8) is 0 Å². The van der Waals surface area contributed by atoms with E-state index >= 15 is 0 Å². The topological polar surface area (TPSA) is 72.3 Å². The van der Waals surface area contributed by atoms with Gasteiger partial charge in [0.15, 0.2) is 9.84 Å². The van der Waals surface area contributed by atoms with E-state index in [0.29, 0.717) is 13.0 Å². The summed E-state index contributed by atoms with van der Waals surface area (Å²) in [7, 11) is -3.02. The Hall–Kier alpha value is -2.15. The van der Waals surface area contributed by atoms with E-state index in [-0.39, 0.29) is 29.9 Å². The SMILES string of the molecule is CCN(C(=O)Cc1c(C)nn(-c2ccccc2)c1C)C1CCS(=O)(=O)C1. The Labute approximate surface area is 154 Å². The highest BCUT2D eigenvalue weighted by Gasteiger charge is 2.34. The van der Waals surface area contributed by atoms with Crippen LogP contribution in [0.4, 0.5) is 0 Å². The molecule has 6 nitrogen and oxygen atoms in total. The summed E-state index contributed by atoms with van der Waals surface area (Å²) in [5.41, 5.74) is 3.64. The summed E-state index contributed by atoms with van der Waals surface area (Å²) in [6.45, 7) is 6.29. The molecule has 2 aromatic rings. The molecule has 1 atom stereocenters. The molecular weight excluding hydrogens is 350 g/mol. The first-order valence-electron chi connectivity index (χ1n) is 8.93. The molecule has 7 heteroatoms. The van der Waals surface area contributed by atoms with Gasteiger partial charge in [-0.3, -0.25) is 4.79 Å². The van der Waals surface area contributed by atoms with Crippen LogP contribution in [0.2, 0.25) is 0 Å². The van der Waals surface area contributed by atoms with Gasteiger partial charge in [0, 0.05) is 23.8 Å². The predicted molar refractivity (Wildman–Crippen MR) is 101 cm³/mol. The lowest BCUT2D eigenvalue weighted by Crippen LogP contribution is -2.41. The molecule has 2 heterocycles. The molecular formula is C19H25N3O3S. The average Bonchev–Trinajstić information content (AvgIpc) is 3.10. The minimum Gasteiger partial charge on any atom is -0.339 e. The fraction of sp³-hybridized carbons (Fsp3) is 0.474. The number of benzene rings is 1. The van der Waals surface area contributed by atoms with Gasteiger partial charge in [0.2, 0.25) is 5.91 Å². The van der Waals surface area contributed by atoms with Crippen LogP contribution in [-0.4, -0.2) is 53.1 Å². The number of nitrogens with zero attached hydrogens (tertiary/aromatic N) is 3. The number of para-hydroxylation sites is 1. The van der Waals surface area contributed by atoms with Gasteiger partial charge in [0.25, 0.3) is 0 Å². The number of carbonyl (C=O) groups is 1. The Kier molecular flexibility index (Phi) is 5.18. The Bertz CT molecular complexity index is 904. The van der Waals surface area contributed by atoms with Crippen LogP contribution in [0.25, 0.3) is 5.69 Å². The van der Waals surface area contributed by atoms with Crippen molar-refractivity contribution in [1.29, 1.82) is 0 Å². The van der Waals surface area contributed by atoms with Gasteiger partial charge in [-0.05, 0) is 39.3 Å². The quantitative estimate of drug-likeness (QED) is 0.802. The molecule has 0 aliphatic carbocycles. The summed E-state index contributed by atoms with van der Waals surface area (Å²) in [4.78, 5) is 14.6. The van der Waals surface area contributed by atoms with Crippen molar-refractivity contribution < 1.29 is 13.2 Å². The van der Waals surface area contributed by atoms with Crippen molar-refractivity contribution in [3.05, 3.63) is 47.3 Å². The lowest BCUT2D eigenvalue weighted by Gasteiger charge is -2.27. The molecule has 140 valence electrons. The Morgan fingerprint density at radius 3 is 2.54 bits per heavy atom. The average molecular weight is 375 g/mol. The zero-order chi connectivity index (χ0) is 18.9. The predicted octanol–water partition coefficient (Wildman–Crippen LogP) is 2.07. The molecule has 1 aromatic carbocycles. The third-order valence-corrected chi connectivity index (χ3v) is 6.83. The van der Waals surface area contributed by atoms with Crippen molar-refractivity contribution in [3.8, 4) is 5.69 Å². The monoisotopic (exact) mass is 375 g/mol. The first-order valence-corrected chi connectivity index (χ1v) is 10.7. The number of rotatable bonds is 5. The van der Waals surface area contributed by atoms with E-state index in [9.17, 15) is 13.2 Å². The number of aryl methyl sites for hydroxylation is 1. The fourth-order valence-electron chi connectivity index (χ4n) is 3.66. The normalized spacial score (nSPS) is 18.8. The van der Waals surface area contributed by atoms with Crippen molar-refractivity contribution in [2.75, 3.05) is 18.1 Å². The van der Waals surface area contributed by atoms with Crippen LogP contribution in [0.5, 0.6) is 0 Å². The first-order chi connectivity index (χ1) is 12.3. The van der Waals surface area contributed by atoms with Crippen molar-refractivity contribution >= 4 is 15.7 Å². The first kappa shape index (κ1) is 18.6. The molecule has 1 aliphatic rings. The van der Waals surface area contributed by atoms with Crippen molar-refractivity contribution in [2.45, 2.75) is 39.7 Å². The molecule has 0 spiro atoms. The third kappa shape index (κ3) is 3.67. The lowest BCUT2D eigenvalue weighted by molar-refractivity contribution is -0.132. The standard InChI is InChI=1S/C19H25N3O3S/c1-4-21(17-10-11-26(24,25)13-17)19(23)12-18-14(2)20-22(15(18)3)16-8-6-5-7-9-16/h5-9,17H,4,10-13H2,1-3H3. The number of amides is 1. The molecule has 1 saturated heterocycles. The summed E-state index contributed by atoms with van der Waals surface area (Å²) >= 11 is 0. The second-order valence-electron chi connectivity index (χ2n) is 6.81. The number of carbonyl (C=O) groups excluding carboxylic acids is 1. The number of aromatic nitrogens is 2. The van der Waals surface area contributed by atoms with Crippen LogP contribution in [0.3, 0.4) is 0 Å². The maximum absolute atomic E-state index is 12.9. The number of hydrogen-bond acceptors (Lipinski definition) is 4. The van der Waals surface area contributed by atoms with Crippen LogP contribution >= 0.6 is 0 Å². The minimum atomic E-state index is -3.02. The van der Waals surface area contributed by atoms with E-state index in [0.717, 1.165) is 22.6 Å². The second kappa shape index (κ2) is 7.23. The molecule has 1 aliphatic heterocycles. The Morgan fingerprint density at radius 2 is 1.96 bits per heavy atom. The summed E-state index contributed by atoms with van der Waals surface area (Å²) in [6, 6.07) is 9.61. The van der Waals surface area contributed by atoms with Gasteiger partial charge in [0.1, 0.15) is 0 Å². The van der Waals surface area contributed by atoms with E-state index in [1.54, 1.807) is 4.90 Å². The van der Waals surface area contributed by atoms with Gasteiger partial charge < -0.3 is 4.90 Å². The Balaban J connectivity index is 1.82. The van der Waals surface area contributed by atoms with Gasteiger partial charge in [-0.1, -0.05) is 18.2 Å². The number of likely N-dealkylation sites (N-methyl/N-ethyl adjacent to an activating group) is 1. The maximum Gasteiger partial charge on any atom is 0.227 e. The summed E-state index contributed by atoms with van der Waals surface area (Å²) < 4.78 is 25.4. The van der Waals surface area contributed by atoms with Gasteiger partial charge in [0.05, 0.1) is 29.3 Å². The highest BCUT2D eigenvalue weighted by atomic mass is 32.2. The van der Waals surface area contributed by atoms with E-state index in [1.807, 2.05) is 55.8 Å². The van der Waals surface area contributed by atoms with Crippen molar-refractivity contribution in [2.24, 2.45) is 0 Å². The van der Waals surface area contributed by atoms with Crippen LogP contribution in [0.1, 0.15) is 30.3 Å². The third-order valence-electron chi connectivity index (χ3n) is 5.08. The Morgan fingerprint density at radius 1 is 1.27 bits per heavy atom. The molecule has 0 saturated carbocycles. The van der Waals surface area contributed by atoms with Gasteiger partial charge in [-0.15, -0.1) is 0 Å². The van der Waals surface area contributed by atoms with Crippen molar-refractivity contribution in [1.82, 2.24) is 14.7 Å². The lowest BCUT2D eigenvalue weighted by atomic mass is 10.1. The minimum absolute atomic E-state index is 0.0339. The van der Waals surface area contributed by atoms with Crippen LogP contribution in [0.15, 0.2) is 30.3 Å². The maximum atomic E-state index is 12.9. The van der Waals surface area contributed by atoms with Gasteiger partial charge >= 0.3 is 0 Å². The molecule has 1 amide bonds. The second-order valence-corrected chi connectivity index (χ2v) is 9.04. The molecule has 1 fully saturated rings. The largest absolute Gasteiger partial charge is 0.339 e. The molecule has 0 bridgehead atoms. The van der Waals surface area contributed by atoms with E-state index in [1.165, 1.54) is 0 Å². The molecule has 0 N–H and O–H groups in total. The highest BCUT2D eigenvalue weighted by Crippen LogP contribution is 2.22. The molecule has 26 heavy (non-hydrogen) atoms. The zero-order valence-corrected chi connectivity index (χ0v) is 16.3. The molecule has 1 unspecified atom stereocenters. The van der Waals surface area contributed by atoms with Crippen LogP contribution < -0.4 is 0 Å². The zero-order valence-electron chi connectivity index (χ0n) is 15.5. The molecule has 3 rings (SSSR count). The number of hydrogen-bond donors (Lipinski definition) is 0. The van der Waals surface area contributed by atoms with E-state index < -0.39 is 9.84 Å². The van der Waals surface area contributed by atoms with E-state index in [2.05, 4.69) is 5.10 Å². The van der Waals surface area contributed by atoms with Gasteiger partial charge in [-0.25, -0.2) is 13.1 Å². The molecule has 0 radical (unpaired) electrons. The smallest absolute Gasteiger partial charge is 0.227 e. The van der Waals surface area contributed by atoms with Crippen LogP contribution in [-0.2, 0) is 21.1 Å². The summed E-state index contributed by atoms with van der Waals surface area (Å²) in [5, 5.41) is 4.59. The highest BCUT2D eigenvalue weighted by molar-refractivity contribution is 7.91. The fourth-order valence-corrected chi connectivity index (χ4v) is 5.39. The van der Waals surface area contributed by atoms with Gasteiger partial charge in [-0.2, -0.15) is 5.10 Å².